The van der Waals surface area contributed by atoms with Crippen molar-refractivity contribution in [2.45, 2.75) is 90.3 Å². The van der Waals surface area contributed by atoms with Crippen LogP contribution in [0.4, 0.5) is 0 Å². The van der Waals surface area contributed by atoms with Gasteiger partial charge in [0.1, 0.15) is 0 Å². The first-order chi connectivity index (χ1) is 12.8. The first-order valence-corrected chi connectivity index (χ1v) is 11.4. The van der Waals surface area contributed by atoms with Crippen molar-refractivity contribution in [3.8, 4) is 0 Å². The van der Waals surface area contributed by atoms with Crippen molar-refractivity contribution in [1.82, 2.24) is 0 Å². The molecule has 4 aliphatic carbocycles. The van der Waals surface area contributed by atoms with Gasteiger partial charge < -0.3 is 20.1 Å². The SMILES string of the molecule is C[C@H](CCC(=O)[O-])[C@H]1CC[C@H]2[C@@H]3CC[C@@H]4C[C@H](O)CC[C@@H]4[C@H]3C[C@H](O)[C@]12C.[Na+]. The van der Waals surface area contributed by atoms with Gasteiger partial charge in [-0.15, -0.1) is 0 Å². The van der Waals surface area contributed by atoms with Crippen molar-refractivity contribution in [3.63, 3.8) is 0 Å². The van der Waals surface area contributed by atoms with Crippen molar-refractivity contribution in [1.29, 1.82) is 0 Å². The maximum absolute atomic E-state index is 11.3. The molecule has 0 bridgehead atoms. The van der Waals surface area contributed by atoms with Gasteiger partial charge in [-0.1, -0.05) is 13.8 Å². The number of rotatable bonds is 4. The maximum atomic E-state index is 11.3. The number of aliphatic hydroxyl groups is 2. The third-order valence-electron chi connectivity index (χ3n) is 9.59. The number of aliphatic hydroxyl groups excluding tert-OH is 2. The van der Waals surface area contributed by atoms with Crippen LogP contribution in [0.2, 0.25) is 0 Å². The molecular formula is C23H37NaO4. The van der Waals surface area contributed by atoms with Crippen molar-refractivity contribution < 1.29 is 49.7 Å². The van der Waals surface area contributed by atoms with E-state index in [1.54, 1.807) is 0 Å². The number of hydrogen-bond acceptors (Lipinski definition) is 4. The summed E-state index contributed by atoms with van der Waals surface area (Å²) in [6.45, 7) is 4.49. The molecular weight excluding hydrogens is 363 g/mol. The van der Waals surface area contributed by atoms with Crippen molar-refractivity contribution in [2.75, 3.05) is 0 Å². The van der Waals surface area contributed by atoms with E-state index in [1.165, 1.54) is 19.3 Å². The first kappa shape index (κ1) is 23.1. The second-order valence-electron chi connectivity index (χ2n) is 10.6. The van der Waals surface area contributed by atoms with Crippen LogP contribution in [0, 0.1) is 46.8 Å². The zero-order chi connectivity index (χ0) is 19.3. The standard InChI is InChI=1S/C23H38O4.Na/c1-13(3-10-22(26)27)19-8-9-20-17-6-4-14-11-15(24)5-7-16(14)18(17)12-21(25)23(19,20)2;/h13-21,24-25H,3-12H2,1-2H3,(H,26,27);/q;+1/p-1/t13-,14-,15-,16+,17-,18-,19-,20+,21+,23-;/m1./s1. The fourth-order valence-electron chi connectivity index (χ4n) is 8.33. The van der Waals surface area contributed by atoms with Crippen molar-refractivity contribution >= 4 is 5.97 Å². The van der Waals surface area contributed by atoms with E-state index in [0.717, 1.165) is 32.1 Å². The monoisotopic (exact) mass is 400 g/mol. The average Bonchev–Trinajstić information content (AvgIpc) is 2.98. The molecule has 0 spiro atoms. The molecule has 0 unspecified atom stereocenters. The number of hydrogen-bond donors (Lipinski definition) is 2. The van der Waals surface area contributed by atoms with Crippen LogP contribution in [0.5, 0.6) is 0 Å². The molecule has 0 aromatic rings. The van der Waals surface area contributed by atoms with E-state index in [2.05, 4.69) is 13.8 Å². The number of carbonyl (C=O) groups excluding carboxylic acids is 1. The summed E-state index contributed by atoms with van der Waals surface area (Å²) in [7, 11) is 0. The molecule has 0 saturated heterocycles. The number of aliphatic carboxylic acids is 1. The summed E-state index contributed by atoms with van der Waals surface area (Å²) in [5, 5.41) is 32.3. The van der Waals surface area contributed by atoms with Gasteiger partial charge in [-0.05, 0) is 111 Å². The quantitative estimate of drug-likeness (QED) is 0.638. The van der Waals surface area contributed by atoms with Gasteiger partial charge in [-0.3, -0.25) is 0 Å². The molecule has 0 amide bonds. The Morgan fingerprint density at radius 3 is 2.46 bits per heavy atom. The van der Waals surface area contributed by atoms with Crippen LogP contribution in [-0.2, 0) is 4.79 Å². The van der Waals surface area contributed by atoms with Crippen LogP contribution in [0.15, 0.2) is 0 Å². The fraction of sp³-hybridized carbons (Fsp3) is 0.957. The molecule has 0 heterocycles. The topological polar surface area (TPSA) is 80.6 Å². The molecule has 0 aromatic carbocycles. The molecule has 4 aliphatic rings. The molecule has 4 nitrogen and oxygen atoms in total. The molecule has 5 heteroatoms. The third kappa shape index (κ3) is 3.86. The second-order valence-corrected chi connectivity index (χ2v) is 10.6. The minimum Gasteiger partial charge on any atom is -0.550 e. The van der Waals surface area contributed by atoms with Crippen LogP contribution >= 0.6 is 0 Å². The van der Waals surface area contributed by atoms with Gasteiger partial charge in [-0.25, -0.2) is 0 Å². The molecule has 0 aromatic heterocycles. The van der Waals surface area contributed by atoms with E-state index in [4.69, 9.17) is 0 Å². The first-order valence-electron chi connectivity index (χ1n) is 11.4. The Hall–Kier alpha value is 0.390. The number of carboxylic acids is 1. The Kier molecular flexibility index (Phi) is 7.30. The van der Waals surface area contributed by atoms with E-state index < -0.39 is 5.97 Å². The summed E-state index contributed by atoms with van der Waals surface area (Å²) in [6, 6.07) is 0. The van der Waals surface area contributed by atoms with Crippen LogP contribution in [0.3, 0.4) is 0 Å². The van der Waals surface area contributed by atoms with Crippen LogP contribution in [0.1, 0.15) is 78.1 Å². The average molecular weight is 401 g/mol. The Morgan fingerprint density at radius 2 is 1.75 bits per heavy atom. The molecule has 10 atom stereocenters. The van der Waals surface area contributed by atoms with E-state index >= 15 is 0 Å². The van der Waals surface area contributed by atoms with Gasteiger partial charge in [0.05, 0.1) is 12.2 Å². The summed E-state index contributed by atoms with van der Waals surface area (Å²) in [4.78, 5) is 10.9. The number of carboxylic acid groups (broad SMARTS) is 1. The molecule has 4 rings (SSSR count). The second kappa shape index (κ2) is 8.86. The zero-order valence-corrected chi connectivity index (χ0v) is 20.0. The van der Waals surface area contributed by atoms with Crippen LogP contribution in [0.25, 0.3) is 0 Å². The summed E-state index contributed by atoms with van der Waals surface area (Å²) < 4.78 is 0. The van der Waals surface area contributed by atoms with Gasteiger partial charge in [-0.2, -0.15) is 0 Å². The normalized spacial score (nSPS) is 48.6. The van der Waals surface area contributed by atoms with Gasteiger partial charge >= 0.3 is 29.6 Å². The predicted octanol–water partition coefficient (Wildman–Crippen LogP) is -0.243. The van der Waals surface area contributed by atoms with E-state index in [-0.39, 0.29) is 53.6 Å². The molecule has 28 heavy (non-hydrogen) atoms. The number of fused-ring (bicyclic) bond motifs is 5. The molecule has 2 N–H and O–H groups in total. The Balaban J connectivity index is 0.00000225. The van der Waals surface area contributed by atoms with Crippen LogP contribution < -0.4 is 34.7 Å². The fourth-order valence-corrected chi connectivity index (χ4v) is 8.33. The zero-order valence-electron chi connectivity index (χ0n) is 18.0. The van der Waals surface area contributed by atoms with Gasteiger partial charge in [0, 0.05) is 5.97 Å². The molecule has 0 radical (unpaired) electrons. The summed E-state index contributed by atoms with van der Waals surface area (Å²) >= 11 is 0. The van der Waals surface area contributed by atoms with Gasteiger partial charge in [0.25, 0.3) is 0 Å². The maximum Gasteiger partial charge on any atom is 1.00 e. The van der Waals surface area contributed by atoms with E-state index in [9.17, 15) is 20.1 Å². The van der Waals surface area contributed by atoms with Crippen LogP contribution in [-0.4, -0.2) is 28.4 Å². The minimum absolute atomic E-state index is 0. The minimum atomic E-state index is -0.955. The smallest absolute Gasteiger partial charge is 0.550 e. The summed E-state index contributed by atoms with van der Waals surface area (Å²) in [5.41, 5.74) is -0.0620. The molecule has 154 valence electrons. The van der Waals surface area contributed by atoms with Crippen molar-refractivity contribution in [3.05, 3.63) is 0 Å². The number of carbonyl (C=O) groups is 1. The molecule has 0 aliphatic heterocycles. The van der Waals surface area contributed by atoms with E-state index in [1.807, 2.05) is 0 Å². The largest absolute Gasteiger partial charge is 1.00 e. The van der Waals surface area contributed by atoms with Gasteiger partial charge in [0.15, 0.2) is 0 Å². The van der Waals surface area contributed by atoms with E-state index in [0.29, 0.717) is 47.8 Å². The Labute approximate surface area is 192 Å². The Bertz CT molecular complexity index is 569. The molecule has 4 fully saturated rings. The summed E-state index contributed by atoms with van der Waals surface area (Å²) in [6.07, 6.45) is 9.19. The Morgan fingerprint density at radius 1 is 1.04 bits per heavy atom. The van der Waals surface area contributed by atoms with Gasteiger partial charge in [0.2, 0.25) is 0 Å². The van der Waals surface area contributed by atoms with Crippen molar-refractivity contribution in [2.24, 2.45) is 46.8 Å². The third-order valence-corrected chi connectivity index (χ3v) is 9.59. The molecule has 4 saturated carbocycles. The summed E-state index contributed by atoms with van der Waals surface area (Å²) in [5.74, 6) is 3.06. The predicted molar refractivity (Wildman–Crippen MR) is 101 cm³/mol.